The number of benzene rings is 2. The molecule has 2 rings (SSSR count). The summed E-state index contributed by atoms with van der Waals surface area (Å²) in [5.41, 5.74) is 0. The molecule has 0 aliphatic rings. The molecule has 2 aromatic carbocycles. The molecule has 0 fully saturated rings. The fourth-order valence-electron chi connectivity index (χ4n) is 1.87. The van der Waals surface area contributed by atoms with Crippen molar-refractivity contribution in [3.8, 4) is 0 Å². The van der Waals surface area contributed by atoms with Gasteiger partial charge >= 0.3 is 133 Å². The van der Waals surface area contributed by atoms with Crippen molar-refractivity contribution < 1.29 is 0 Å². The first-order valence-electron chi connectivity index (χ1n) is 6.93. The van der Waals surface area contributed by atoms with E-state index < -0.39 is 0 Å². The van der Waals surface area contributed by atoms with Crippen molar-refractivity contribution in [2.24, 2.45) is 0 Å². The van der Waals surface area contributed by atoms with E-state index in [4.69, 9.17) is 0 Å². The molecule has 0 aliphatic carbocycles. The molecule has 0 N–H and O–H groups in total. The average molecular weight is 347 g/mol. The fraction of sp³-hybridized carbons (Fsp3) is 0.222. The molecule has 1 atom stereocenters. The Morgan fingerprint density at radius 3 is 2.30 bits per heavy atom. The molecule has 20 heavy (non-hydrogen) atoms. The molecular weight excluding hydrogens is 327 g/mol. The van der Waals surface area contributed by atoms with Crippen LogP contribution in [0.5, 0.6) is 0 Å². The van der Waals surface area contributed by atoms with Crippen LogP contribution >= 0.6 is 11.8 Å². The second-order valence-electron chi connectivity index (χ2n) is 4.51. The van der Waals surface area contributed by atoms with Crippen LogP contribution in [0.1, 0.15) is 19.3 Å². The normalized spacial score (nSPS) is 12.0. The minimum absolute atomic E-state index is 0.517. The van der Waals surface area contributed by atoms with E-state index in [0.29, 0.717) is 19.1 Å². The van der Waals surface area contributed by atoms with Crippen molar-refractivity contribution >= 4 is 31.2 Å². The van der Waals surface area contributed by atoms with Crippen LogP contribution in [0.25, 0.3) is 0 Å². The van der Waals surface area contributed by atoms with E-state index in [9.17, 15) is 0 Å². The Morgan fingerprint density at radius 1 is 1.00 bits per heavy atom. The van der Waals surface area contributed by atoms with Gasteiger partial charge in [0.15, 0.2) is 0 Å². The number of hydrogen-bond donors (Lipinski definition) is 0. The van der Waals surface area contributed by atoms with Crippen molar-refractivity contribution in [3.05, 3.63) is 73.3 Å². The Bertz CT molecular complexity index is 454. The van der Waals surface area contributed by atoms with E-state index in [2.05, 4.69) is 67.2 Å². The van der Waals surface area contributed by atoms with E-state index in [1.807, 2.05) is 17.8 Å². The van der Waals surface area contributed by atoms with Gasteiger partial charge in [0.2, 0.25) is 0 Å². The number of unbranched alkanes of at least 4 members (excludes halogenated alkanes) is 1. The van der Waals surface area contributed by atoms with Gasteiger partial charge in [-0.2, -0.15) is 0 Å². The van der Waals surface area contributed by atoms with Gasteiger partial charge < -0.3 is 0 Å². The molecule has 0 heterocycles. The molecule has 0 saturated heterocycles. The van der Waals surface area contributed by atoms with E-state index in [0.717, 1.165) is 6.42 Å². The summed E-state index contributed by atoms with van der Waals surface area (Å²) < 4.78 is 2.19. The summed E-state index contributed by atoms with van der Waals surface area (Å²) in [6.07, 6.45) is 5.65. The Hall–Kier alpha value is -0.951. The summed E-state index contributed by atoms with van der Waals surface area (Å²) in [5.74, 6) is 0. The van der Waals surface area contributed by atoms with Crippen LogP contribution in [-0.2, 0) is 0 Å². The molecule has 0 aromatic heterocycles. The second-order valence-corrected chi connectivity index (χ2v) is 9.14. The van der Waals surface area contributed by atoms with Gasteiger partial charge in [0.1, 0.15) is 0 Å². The Morgan fingerprint density at radius 2 is 1.65 bits per heavy atom. The van der Waals surface area contributed by atoms with Gasteiger partial charge in [0, 0.05) is 0 Å². The van der Waals surface area contributed by atoms with Gasteiger partial charge in [0.05, 0.1) is 0 Å². The van der Waals surface area contributed by atoms with Gasteiger partial charge in [-0.15, -0.1) is 0 Å². The maximum absolute atomic E-state index is 3.82. The first-order chi connectivity index (χ1) is 9.88. The average Bonchev–Trinajstić information content (AvgIpc) is 2.49. The molecule has 0 radical (unpaired) electrons. The summed E-state index contributed by atoms with van der Waals surface area (Å²) in [5, 5.41) is 0. The van der Waals surface area contributed by atoms with Gasteiger partial charge in [-0.25, -0.2) is 0 Å². The summed E-state index contributed by atoms with van der Waals surface area (Å²) in [6, 6.07) is 21.7. The van der Waals surface area contributed by atoms with Crippen LogP contribution in [-0.4, -0.2) is 19.1 Å². The number of rotatable bonds is 8. The monoisotopic (exact) mass is 348 g/mol. The van der Waals surface area contributed by atoms with E-state index in [1.54, 1.807) is 0 Å². The van der Waals surface area contributed by atoms with Gasteiger partial charge in [-0.1, -0.05) is 0 Å². The van der Waals surface area contributed by atoms with Gasteiger partial charge in [0.25, 0.3) is 0 Å². The zero-order chi connectivity index (χ0) is 14.0. The van der Waals surface area contributed by atoms with E-state index in [-0.39, 0.29) is 0 Å². The molecule has 1 unspecified atom stereocenters. The summed E-state index contributed by atoms with van der Waals surface area (Å²) in [6.45, 7) is 3.82. The standard InChI is InChI=1S/C18H20SSe/c1-2-3-6-15-18(19-16-11-7-4-8-12-16)20-17-13-9-5-10-14-17/h2,4-5,7-14,18H,1,3,6,15H2. The van der Waals surface area contributed by atoms with Crippen LogP contribution < -0.4 is 4.46 Å². The van der Waals surface area contributed by atoms with Gasteiger partial charge in [-0.05, 0) is 0 Å². The maximum atomic E-state index is 3.82. The Labute approximate surface area is 132 Å². The molecule has 0 saturated carbocycles. The van der Waals surface area contributed by atoms with Crippen molar-refractivity contribution in [1.82, 2.24) is 0 Å². The zero-order valence-electron chi connectivity index (χ0n) is 11.6. The third-order valence-electron chi connectivity index (χ3n) is 2.87. The second kappa shape index (κ2) is 9.07. The molecule has 0 nitrogen and oxygen atoms in total. The predicted octanol–water partition coefficient (Wildman–Crippen LogP) is 4.49. The predicted molar refractivity (Wildman–Crippen MR) is 92.0 cm³/mol. The van der Waals surface area contributed by atoms with Crippen molar-refractivity contribution in [1.29, 1.82) is 0 Å². The molecule has 2 aromatic rings. The van der Waals surface area contributed by atoms with E-state index in [1.165, 1.54) is 22.2 Å². The van der Waals surface area contributed by atoms with Crippen LogP contribution in [0.15, 0.2) is 78.2 Å². The van der Waals surface area contributed by atoms with Crippen molar-refractivity contribution in [2.75, 3.05) is 0 Å². The van der Waals surface area contributed by atoms with Crippen LogP contribution in [0.2, 0.25) is 0 Å². The summed E-state index contributed by atoms with van der Waals surface area (Å²) in [7, 11) is 0. The first kappa shape index (κ1) is 15.4. The Kier molecular flexibility index (Phi) is 7.00. The summed E-state index contributed by atoms with van der Waals surface area (Å²) in [4.78, 5) is 1.38. The van der Waals surface area contributed by atoms with E-state index >= 15 is 0 Å². The Balaban J connectivity index is 1.98. The SMILES string of the molecule is C=CCCCC(Sc1ccccc1)[Se]c1ccccc1. The molecule has 0 amide bonds. The molecular formula is C18H20SSe. The van der Waals surface area contributed by atoms with Crippen molar-refractivity contribution in [3.63, 3.8) is 0 Å². The summed E-state index contributed by atoms with van der Waals surface area (Å²) >= 11 is 2.54. The molecule has 0 spiro atoms. The third-order valence-corrected chi connectivity index (χ3v) is 7.21. The first-order valence-corrected chi connectivity index (χ1v) is 9.65. The third kappa shape index (κ3) is 5.58. The molecule has 0 bridgehead atoms. The topological polar surface area (TPSA) is 0 Å². The van der Waals surface area contributed by atoms with Crippen LogP contribution in [0.3, 0.4) is 0 Å². The quantitative estimate of drug-likeness (QED) is 0.293. The fourth-order valence-corrected chi connectivity index (χ4v) is 6.30. The zero-order valence-corrected chi connectivity index (χ0v) is 14.1. The van der Waals surface area contributed by atoms with Crippen LogP contribution in [0.4, 0.5) is 0 Å². The number of hydrogen-bond acceptors (Lipinski definition) is 1. The van der Waals surface area contributed by atoms with Gasteiger partial charge in [-0.3, -0.25) is 0 Å². The van der Waals surface area contributed by atoms with Crippen molar-refractivity contribution in [2.45, 2.75) is 28.3 Å². The van der Waals surface area contributed by atoms with Crippen LogP contribution in [0, 0.1) is 0 Å². The molecule has 0 aliphatic heterocycles. The molecule has 104 valence electrons. The molecule has 2 heteroatoms. The minimum atomic E-state index is 0.517. The number of thioether (sulfide) groups is 1. The number of allylic oxidation sites excluding steroid dienone is 1.